The van der Waals surface area contributed by atoms with Crippen LogP contribution < -0.4 is 4.57 Å². The summed E-state index contributed by atoms with van der Waals surface area (Å²) in [6, 6.07) is 6.00. The number of hydrogen-bond donors (Lipinski definition) is 0. The second kappa shape index (κ2) is 40.3. The van der Waals surface area contributed by atoms with Gasteiger partial charge in [-0.1, -0.05) is 66.9 Å². The molecule has 1 aromatic rings. The number of likely N-dealkylation sites (tertiary alicyclic amines) is 4. The van der Waals surface area contributed by atoms with Crippen molar-refractivity contribution in [2.45, 2.75) is 112 Å². The lowest BCUT2D eigenvalue weighted by Crippen LogP contribution is -2.42. The molecule has 5 saturated heterocycles. The fraction of sp³-hybridized carbons (Fsp3) is 0.878. The highest BCUT2D eigenvalue weighted by Gasteiger charge is 2.08. The van der Waals surface area contributed by atoms with Crippen molar-refractivity contribution in [3.05, 3.63) is 30.6 Å². The number of nitrogens with zero attached hydrogens (tertiary/aromatic N) is 7. The lowest BCUT2D eigenvalue weighted by molar-refractivity contribution is -0.671. The molecule has 7 heteroatoms. The van der Waals surface area contributed by atoms with Gasteiger partial charge in [0, 0.05) is 38.3 Å². The molecule has 7 nitrogen and oxygen atoms in total. The Morgan fingerprint density at radius 3 is 0.604 bits per heavy atom. The maximum absolute atomic E-state index is 2.39. The molecule has 1 aromatic heterocycles. The standard InChI is InChI=1S/C6H14N2.3C6H13N.C6H8N.C5H11N.3C2H6/c1-7-3-5-8(2)6-4-7;4*1-7-5-3-2-4-6-7;1-6-4-2-3-5-6;3*1-2/h3-6H2,1-2H3;3*2-6H2,1H3;2-6H,1H3;2-5H2,1H3;3*1-2H3/q;;;;+1;;;;. The third-order valence-corrected chi connectivity index (χ3v) is 8.66. The molecule has 5 aliphatic rings. The molecular weight excluding hydrogens is 591 g/mol. The molecule has 5 aliphatic heterocycles. The van der Waals surface area contributed by atoms with Gasteiger partial charge in [-0.25, -0.2) is 4.57 Å². The van der Waals surface area contributed by atoms with E-state index in [0.717, 1.165) is 0 Å². The molecular formula is C41H90N7+. The Morgan fingerprint density at radius 2 is 0.479 bits per heavy atom. The summed E-state index contributed by atoms with van der Waals surface area (Å²) in [6.07, 6.45) is 19.7. The van der Waals surface area contributed by atoms with Gasteiger partial charge in [-0.3, -0.25) is 0 Å². The number of piperazine rings is 1. The fourth-order valence-corrected chi connectivity index (χ4v) is 5.42. The highest BCUT2D eigenvalue weighted by Crippen LogP contribution is 2.06. The summed E-state index contributed by atoms with van der Waals surface area (Å²) >= 11 is 0. The smallest absolute Gasteiger partial charge is 0.168 e. The number of rotatable bonds is 0. The highest BCUT2D eigenvalue weighted by molar-refractivity contribution is 4.83. The minimum Gasteiger partial charge on any atom is -0.306 e. The molecule has 0 bridgehead atoms. The summed E-state index contributed by atoms with van der Waals surface area (Å²) in [5.74, 6) is 0. The Hall–Kier alpha value is -1.09. The zero-order valence-corrected chi connectivity index (χ0v) is 35.3. The first kappa shape index (κ1) is 51.3. The van der Waals surface area contributed by atoms with Crippen molar-refractivity contribution in [2.75, 3.05) is 121 Å². The van der Waals surface area contributed by atoms with E-state index in [1.807, 2.05) is 83.7 Å². The van der Waals surface area contributed by atoms with E-state index in [-0.39, 0.29) is 0 Å². The molecule has 0 radical (unpaired) electrons. The van der Waals surface area contributed by atoms with E-state index in [4.69, 9.17) is 0 Å². The van der Waals surface area contributed by atoms with Crippen LogP contribution in [0, 0.1) is 0 Å². The quantitative estimate of drug-likeness (QED) is 0.264. The first-order valence-corrected chi connectivity index (χ1v) is 20.3. The molecule has 0 aromatic carbocycles. The highest BCUT2D eigenvalue weighted by atomic mass is 15.2. The monoisotopic (exact) mass is 681 g/mol. The summed E-state index contributed by atoms with van der Waals surface area (Å²) in [7, 11) is 15.1. The first-order valence-electron chi connectivity index (χ1n) is 20.3. The van der Waals surface area contributed by atoms with Crippen LogP contribution in [0.15, 0.2) is 30.6 Å². The van der Waals surface area contributed by atoms with Crippen LogP contribution in [0.4, 0.5) is 0 Å². The molecule has 0 spiro atoms. The van der Waals surface area contributed by atoms with Crippen molar-refractivity contribution in [3.8, 4) is 0 Å². The summed E-state index contributed by atoms with van der Waals surface area (Å²) in [4.78, 5) is 14.3. The van der Waals surface area contributed by atoms with Crippen LogP contribution in [-0.4, -0.2) is 150 Å². The average molecular weight is 681 g/mol. The van der Waals surface area contributed by atoms with Crippen molar-refractivity contribution < 1.29 is 4.57 Å². The lowest BCUT2D eigenvalue weighted by Gasteiger charge is -2.28. The second-order valence-electron chi connectivity index (χ2n) is 13.2. The molecule has 0 aliphatic carbocycles. The fourth-order valence-electron chi connectivity index (χ4n) is 5.42. The van der Waals surface area contributed by atoms with Gasteiger partial charge in [0.2, 0.25) is 0 Å². The van der Waals surface area contributed by atoms with Gasteiger partial charge in [-0.05, 0) is 146 Å². The summed E-state index contributed by atoms with van der Waals surface area (Å²) < 4.78 is 2.00. The van der Waals surface area contributed by atoms with E-state index in [2.05, 4.69) is 71.7 Å². The predicted molar refractivity (Wildman–Crippen MR) is 217 cm³/mol. The third kappa shape index (κ3) is 37.7. The topological polar surface area (TPSA) is 23.3 Å². The number of piperidine rings is 3. The maximum Gasteiger partial charge on any atom is 0.168 e. The van der Waals surface area contributed by atoms with Crippen molar-refractivity contribution in [1.29, 1.82) is 0 Å². The van der Waals surface area contributed by atoms with Gasteiger partial charge >= 0.3 is 0 Å². The molecule has 0 N–H and O–H groups in total. The van der Waals surface area contributed by atoms with Crippen molar-refractivity contribution in [1.82, 2.24) is 29.4 Å². The number of pyridine rings is 1. The summed E-state index contributed by atoms with van der Waals surface area (Å²) in [6.45, 7) is 27.5. The van der Waals surface area contributed by atoms with Crippen LogP contribution in [0.25, 0.3) is 0 Å². The normalized spacial score (nSPS) is 20.3. The van der Waals surface area contributed by atoms with E-state index in [0.29, 0.717) is 0 Å². The van der Waals surface area contributed by atoms with E-state index < -0.39 is 0 Å². The zero-order chi connectivity index (χ0) is 36.8. The zero-order valence-electron chi connectivity index (χ0n) is 35.3. The largest absolute Gasteiger partial charge is 0.306 e. The molecule has 0 saturated carbocycles. The number of aryl methyl sites for hydroxylation is 1. The minimum absolute atomic E-state index is 1.23. The van der Waals surface area contributed by atoms with E-state index in [1.54, 1.807) is 0 Å². The Bertz CT molecular complexity index is 625. The predicted octanol–water partition coefficient (Wildman–Crippen LogP) is 7.47. The van der Waals surface area contributed by atoms with Crippen LogP contribution >= 0.6 is 0 Å². The van der Waals surface area contributed by atoms with Crippen LogP contribution in [-0.2, 0) is 7.05 Å². The Labute approximate surface area is 304 Å². The molecule has 0 amide bonds. The lowest BCUT2D eigenvalue weighted by atomic mass is 10.1. The van der Waals surface area contributed by atoms with Gasteiger partial charge < -0.3 is 29.4 Å². The molecule has 48 heavy (non-hydrogen) atoms. The maximum atomic E-state index is 2.39. The van der Waals surface area contributed by atoms with E-state index in [9.17, 15) is 0 Å². The number of hydrogen-bond acceptors (Lipinski definition) is 6. The first-order chi connectivity index (χ1) is 23.3. The van der Waals surface area contributed by atoms with Crippen molar-refractivity contribution in [3.63, 3.8) is 0 Å². The second-order valence-corrected chi connectivity index (χ2v) is 13.2. The van der Waals surface area contributed by atoms with Crippen LogP contribution in [0.5, 0.6) is 0 Å². The van der Waals surface area contributed by atoms with Crippen LogP contribution in [0.3, 0.4) is 0 Å². The average Bonchev–Trinajstić information content (AvgIpc) is 3.62. The van der Waals surface area contributed by atoms with Crippen molar-refractivity contribution >= 4 is 0 Å². The van der Waals surface area contributed by atoms with E-state index >= 15 is 0 Å². The Kier molecular flexibility index (Phi) is 43.1. The molecule has 6 heterocycles. The van der Waals surface area contributed by atoms with Gasteiger partial charge in [0.25, 0.3) is 0 Å². The Morgan fingerprint density at radius 1 is 0.292 bits per heavy atom. The molecule has 0 atom stereocenters. The van der Waals surface area contributed by atoms with E-state index in [1.165, 1.54) is 149 Å². The number of likely N-dealkylation sites (N-methyl/N-ethyl adjacent to an activating group) is 2. The van der Waals surface area contributed by atoms with Crippen molar-refractivity contribution in [2.24, 2.45) is 7.05 Å². The van der Waals surface area contributed by atoms with Crippen LogP contribution in [0.1, 0.15) is 112 Å². The minimum atomic E-state index is 1.23. The molecule has 0 unspecified atom stereocenters. The SMILES string of the molecule is CC.CC.CC.CN1CCCC1.CN1CCCCC1.CN1CCCCC1.CN1CCCCC1.CN1CCN(C)CC1.C[n+]1ccccc1. The third-order valence-electron chi connectivity index (χ3n) is 8.66. The summed E-state index contributed by atoms with van der Waals surface area (Å²) in [5.41, 5.74) is 0. The van der Waals surface area contributed by atoms with Gasteiger partial charge in [0.1, 0.15) is 7.05 Å². The number of aromatic nitrogens is 1. The van der Waals surface area contributed by atoms with Crippen LogP contribution in [0.2, 0.25) is 0 Å². The molecule has 288 valence electrons. The molecule has 5 fully saturated rings. The molecule has 6 rings (SSSR count). The van der Waals surface area contributed by atoms with Gasteiger partial charge in [0.15, 0.2) is 12.4 Å². The van der Waals surface area contributed by atoms with Gasteiger partial charge in [0.05, 0.1) is 0 Å². The van der Waals surface area contributed by atoms with Gasteiger partial charge in [-0.15, -0.1) is 0 Å². The Balaban J connectivity index is -0.000000491. The summed E-state index contributed by atoms with van der Waals surface area (Å²) in [5, 5.41) is 0. The van der Waals surface area contributed by atoms with Gasteiger partial charge in [-0.2, -0.15) is 0 Å².